The molecule has 212 valence electrons. The number of nitrogens with zero attached hydrogens (tertiary/aromatic N) is 2. The van der Waals surface area contributed by atoms with Crippen LogP contribution in [0.4, 0.5) is 14.5 Å². The van der Waals surface area contributed by atoms with Crippen molar-refractivity contribution in [1.29, 1.82) is 5.26 Å². The van der Waals surface area contributed by atoms with Crippen LogP contribution in [0.3, 0.4) is 0 Å². The van der Waals surface area contributed by atoms with Crippen LogP contribution in [0.25, 0.3) is 0 Å². The summed E-state index contributed by atoms with van der Waals surface area (Å²) in [4.78, 5) is 14.5. The monoisotopic (exact) mass is 560 g/mol. The summed E-state index contributed by atoms with van der Waals surface area (Å²) >= 11 is 0. The number of benzene rings is 2. The van der Waals surface area contributed by atoms with Gasteiger partial charge in [-0.2, -0.15) is 5.26 Å². The summed E-state index contributed by atoms with van der Waals surface area (Å²) in [6.45, 7) is 6.78. The van der Waals surface area contributed by atoms with Gasteiger partial charge in [0.2, 0.25) is 5.91 Å². The molecule has 1 saturated heterocycles. The molecule has 39 heavy (non-hydrogen) atoms. The Hall–Kier alpha value is -2.83. The normalized spacial score (nSPS) is 17.4. The number of amides is 1. The van der Waals surface area contributed by atoms with E-state index in [0.29, 0.717) is 12.2 Å². The molecule has 2 aliphatic rings. The molecule has 4 rings (SSSR count). The number of carbonyl (C=O) groups is 1. The Balaban J connectivity index is 0.000000216. The number of halogens is 2. The van der Waals surface area contributed by atoms with Crippen molar-refractivity contribution in [3.05, 3.63) is 58.7 Å². The van der Waals surface area contributed by atoms with Crippen LogP contribution in [-0.2, 0) is 30.5 Å². The van der Waals surface area contributed by atoms with E-state index in [0.717, 1.165) is 61.9 Å². The standard InChI is InChI=1S/C16H20N2O.C14H18F2O3S/c1-4-8-16(9-5-2)13-10-12(11-17)6-7-14(13)18(3)15(16)19;1-3-4-5-19-10-6-11(15)13(12(16)7-10)14(20(2)17)8-18-9-14/h6-7,10H,4-5,8-9H2,1-3H3;6-7H,3-5,8-9H2,1-2H3. The molecule has 0 aliphatic carbocycles. The molecule has 2 heterocycles. The lowest BCUT2D eigenvalue weighted by Crippen LogP contribution is -2.51. The molecule has 1 fully saturated rings. The molecule has 2 aromatic carbocycles. The molecule has 0 N–H and O–H groups in total. The van der Waals surface area contributed by atoms with Crippen LogP contribution in [0.1, 0.15) is 76.0 Å². The van der Waals surface area contributed by atoms with Gasteiger partial charge in [-0.1, -0.05) is 40.0 Å². The van der Waals surface area contributed by atoms with Crippen LogP contribution >= 0.6 is 0 Å². The summed E-state index contributed by atoms with van der Waals surface area (Å²) in [6.07, 6.45) is 6.84. The predicted molar refractivity (Wildman–Crippen MR) is 149 cm³/mol. The molecule has 0 saturated carbocycles. The van der Waals surface area contributed by atoms with Crippen molar-refractivity contribution >= 4 is 22.4 Å². The number of nitriles is 1. The van der Waals surface area contributed by atoms with Gasteiger partial charge >= 0.3 is 0 Å². The number of fused-ring (bicyclic) bond motifs is 1. The van der Waals surface area contributed by atoms with Crippen LogP contribution in [0.2, 0.25) is 0 Å². The molecule has 6 nitrogen and oxygen atoms in total. The first kappa shape index (κ1) is 30.7. The van der Waals surface area contributed by atoms with E-state index < -0.39 is 32.6 Å². The highest BCUT2D eigenvalue weighted by Gasteiger charge is 2.49. The van der Waals surface area contributed by atoms with Crippen molar-refractivity contribution in [1.82, 2.24) is 0 Å². The molecule has 1 atom stereocenters. The van der Waals surface area contributed by atoms with Crippen molar-refractivity contribution in [2.24, 2.45) is 0 Å². The molecule has 2 aromatic rings. The Kier molecular flexibility index (Phi) is 10.2. The van der Waals surface area contributed by atoms with E-state index in [-0.39, 0.29) is 30.4 Å². The molecular formula is C30H38F2N2O4S. The Morgan fingerprint density at radius 2 is 1.69 bits per heavy atom. The van der Waals surface area contributed by atoms with Gasteiger partial charge in [-0.25, -0.2) is 8.78 Å². The number of likely N-dealkylation sites (N-methyl/N-ethyl adjacent to an activating group) is 1. The summed E-state index contributed by atoms with van der Waals surface area (Å²) in [6, 6.07) is 10.1. The molecular weight excluding hydrogens is 522 g/mol. The fourth-order valence-corrected chi connectivity index (χ4v) is 6.41. The fraction of sp³-hybridized carbons (Fsp3) is 0.533. The average molecular weight is 561 g/mol. The summed E-state index contributed by atoms with van der Waals surface area (Å²) < 4.78 is 49.4. The third-order valence-corrected chi connectivity index (χ3v) is 9.07. The molecule has 0 radical (unpaired) electrons. The minimum absolute atomic E-state index is 0.0694. The van der Waals surface area contributed by atoms with Crippen molar-refractivity contribution in [3.8, 4) is 11.8 Å². The van der Waals surface area contributed by atoms with Crippen molar-refractivity contribution < 1.29 is 27.3 Å². The third-order valence-electron chi connectivity index (χ3n) is 7.53. The van der Waals surface area contributed by atoms with E-state index in [1.807, 2.05) is 26.1 Å². The zero-order valence-electron chi connectivity index (χ0n) is 23.4. The van der Waals surface area contributed by atoms with E-state index in [9.17, 15) is 17.8 Å². The van der Waals surface area contributed by atoms with Gasteiger partial charge in [0, 0.05) is 47.5 Å². The van der Waals surface area contributed by atoms with Crippen LogP contribution in [0.5, 0.6) is 5.75 Å². The zero-order chi connectivity index (χ0) is 28.8. The highest BCUT2D eigenvalue weighted by molar-refractivity contribution is 7.85. The van der Waals surface area contributed by atoms with E-state index in [1.165, 1.54) is 6.26 Å². The number of rotatable bonds is 10. The van der Waals surface area contributed by atoms with Gasteiger partial charge < -0.3 is 14.4 Å². The summed E-state index contributed by atoms with van der Waals surface area (Å²) in [5, 5.41) is 9.08. The average Bonchev–Trinajstić information content (AvgIpc) is 3.07. The largest absolute Gasteiger partial charge is 0.493 e. The second-order valence-corrected chi connectivity index (χ2v) is 11.9. The van der Waals surface area contributed by atoms with Gasteiger partial charge in [-0.3, -0.25) is 9.00 Å². The Labute approximate surface area is 232 Å². The maximum absolute atomic E-state index is 14.2. The van der Waals surface area contributed by atoms with Crippen molar-refractivity contribution in [2.45, 2.75) is 69.5 Å². The fourth-order valence-electron chi connectivity index (χ4n) is 5.43. The first-order chi connectivity index (χ1) is 18.6. The smallest absolute Gasteiger partial charge is 0.237 e. The van der Waals surface area contributed by atoms with Crippen LogP contribution in [0.15, 0.2) is 30.3 Å². The number of ether oxygens (including phenoxy) is 2. The maximum Gasteiger partial charge on any atom is 0.237 e. The van der Waals surface area contributed by atoms with E-state index in [1.54, 1.807) is 11.0 Å². The minimum atomic E-state index is -1.41. The molecule has 0 spiro atoms. The molecule has 2 aliphatic heterocycles. The SMILES string of the molecule is CCCC1(CCC)C(=O)N(C)c2ccc(C#N)cc21.CCCCOc1cc(F)c(C2(S(C)=O)COC2)c(F)c1. The molecule has 0 aromatic heterocycles. The van der Waals surface area contributed by atoms with Crippen molar-refractivity contribution in [3.63, 3.8) is 0 Å². The molecule has 1 unspecified atom stereocenters. The van der Waals surface area contributed by atoms with Gasteiger partial charge in [0.05, 0.1) is 36.9 Å². The van der Waals surface area contributed by atoms with Crippen LogP contribution in [-0.4, -0.2) is 43.2 Å². The lowest BCUT2D eigenvalue weighted by Gasteiger charge is -2.40. The quantitative estimate of drug-likeness (QED) is 0.327. The topological polar surface area (TPSA) is 79.6 Å². The molecule has 9 heteroatoms. The summed E-state index contributed by atoms with van der Waals surface area (Å²) in [5.74, 6) is -1.11. The number of carbonyl (C=O) groups excluding carboxylic acids is 1. The number of anilines is 1. The highest BCUT2D eigenvalue weighted by atomic mass is 32.2. The van der Waals surface area contributed by atoms with Gasteiger partial charge in [0.25, 0.3) is 0 Å². The molecule has 0 bridgehead atoms. The zero-order valence-corrected chi connectivity index (χ0v) is 24.3. The van der Waals surface area contributed by atoms with Gasteiger partial charge in [0.1, 0.15) is 22.1 Å². The Bertz CT molecular complexity index is 1230. The second-order valence-electron chi connectivity index (χ2n) is 10.2. The Morgan fingerprint density at radius 3 is 2.15 bits per heavy atom. The second kappa shape index (κ2) is 13.0. The Morgan fingerprint density at radius 1 is 1.08 bits per heavy atom. The summed E-state index contributed by atoms with van der Waals surface area (Å²) in [7, 11) is 0.421. The van der Waals surface area contributed by atoms with E-state index in [2.05, 4.69) is 19.9 Å². The van der Waals surface area contributed by atoms with E-state index >= 15 is 0 Å². The van der Waals surface area contributed by atoms with Crippen LogP contribution < -0.4 is 9.64 Å². The lowest BCUT2D eigenvalue weighted by atomic mass is 9.74. The predicted octanol–water partition coefficient (Wildman–Crippen LogP) is 6.12. The van der Waals surface area contributed by atoms with E-state index in [4.69, 9.17) is 14.7 Å². The maximum atomic E-state index is 14.2. The summed E-state index contributed by atoms with van der Waals surface area (Å²) in [5.41, 5.74) is 2.07. The number of unbranched alkanes of at least 4 members (excludes halogenated alkanes) is 1. The first-order valence-electron chi connectivity index (χ1n) is 13.5. The van der Waals surface area contributed by atoms with Gasteiger partial charge in [-0.05, 0) is 43.0 Å². The van der Waals surface area contributed by atoms with Gasteiger partial charge in [0.15, 0.2) is 0 Å². The minimum Gasteiger partial charge on any atom is -0.493 e. The first-order valence-corrected chi connectivity index (χ1v) is 15.0. The van der Waals surface area contributed by atoms with Crippen LogP contribution in [0, 0.1) is 23.0 Å². The molecule has 1 amide bonds. The number of hydrogen-bond acceptors (Lipinski definition) is 5. The highest BCUT2D eigenvalue weighted by Crippen LogP contribution is 2.47. The van der Waals surface area contributed by atoms with Gasteiger partial charge in [-0.15, -0.1) is 0 Å². The lowest BCUT2D eigenvalue weighted by molar-refractivity contribution is -0.123. The van der Waals surface area contributed by atoms with Crippen molar-refractivity contribution in [2.75, 3.05) is 38.0 Å². The number of hydrogen-bond donors (Lipinski definition) is 0. The third kappa shape index (κ3) is 5.87.